The number of rotatable bonds is 9. The van der Waals surface area contributed by atoms with Crippen LogP contribution >= 0.6 is 0 Å². The van der Waals surface area contributed by atoms with E-state index in [0.29, 0.717) is 17.5 Å². The third kappa shape index (κ3) is 5.95. The fourth-order valence-electron chi connectivity index (χ4n) is 3.91. The molecule has 0 spiro atoms. The molecule has 0 fully saturated rings. The summed E-state index contributed by atoms with van der Waals surface area (Å²) in [6.07, 6.45) is 9.82. The SMILES string of the molecule is CC.Nc1c(-c2ccnc(OCCCCCn3ccc(S(N)=O)n3)c2)ccc2c1CCC2. The molecule has 0 amide bonds. The van der Waals surface area contributed by atoms with Crippen molar-refractivity contribution in [2.75, 3.05) is 12.3 Å². The third-order valence-electron chi connectivity index (χ3n) is 5.48. The molecule has 0 saturated carbocycles. The van der Waals surface area contributed by atoms with E-state index in [9.17, 15) is 4.21 Å². The zero-order valence-corrected chi connectivity index (χ0v) is 19.7. The first-order valence-corrected chi connectivity index (χ1v) is 12.5. The predicted molar refractivity (Wildman–Crippen MR) is 130 cm³/mol. The van der Waals surface area contributed by atoms with Gasteiger partial charge in [0.25, 0.3) is 0 Å². The number of fused-ring (bicyclic) bond motifs is 1. The molecule has 0 saturated heterocycles. The number of ether oxygens (including phenoxy) is 1. The number of anilines is 1. The second kappa shape index (κ2) is 11.8. The molecule has 172 valence electrons. The molecule has 32 heavy (non-hydrogen) atoms. The lowest BCUT2D eigenvalue weighted by Crippen LogP contribution is -2.06. The molecule has 1 aliphatic rings. The van der Waals surface area contributed by atoms with E-state index in [1.807, 2.05) is 26.0 Å². The van der Waals surface area contributed by atoms with Crippen molar-refractivity contribution in [3.63, 3.8) is 0 Å². The lowest BCUT2D eigenvalue weighted by Gasteiger charge is -2.12. The maximum Gasteiger partial charge on any atom is 0.213 e. The number of hydrogen-bond acceptors (Lipinski definition) is 5. The Balaban J connectivity index is 0.00000141. The van der Waals surface area contributed by atoms with Gasteiger partial charge in [-0.2, -0.15) is 5.10 Å². The molecule has 7 nitrogen and oxygen atoms in total. The Morgan fingerprint density at radius 3 is 2.75 bits per heavy atom. The number of hydrogen-bond donors (Lipinski definition) is 2. The molecule has 2 heterocycles. The van der Waals surface area contributed by atoms with Crippen molar-refractivity contribution in [3.05, 3.63) is 53.9 Å². The van der Waals surface area contributed by atoms with Gasteiger partial charge in [-0.3, -0.25) is 4.68 Å². The molecule has 0 aliphatic heterocycles. The van der Waals surface area contributed by atoms with Crippen LogP contribution in [0.5, 0.6) is 5.88 Å². The molecule has 0 radical (unpaired) electrons. The van der Waals surface area contributed by atoms with Gasteiger partial charge in [-0.15, -0.1) is 0 Å². The van der Waals surface area contributed by atoms with E-state index >= 15 is 0 Å². The van der Waals surface area contributed by atoms with Crippen molar-refractivity contribution in [2.45, 2.75) is 63.9 Å². The van der Waals surface area contributed by atoms with Gasteiger partial charge in [-0.05, 0) is 67.3 Å². The summed E-state index contributed by atoms with van der Waals surface area (Å²) < 4.78 is 18.8. The number of unbranched alkanes of at least 4 members (excludes halogenated alkanes) is 2. The van der Waals surface area contributed by atoms with Crippen LogP contribution in [0.4, 0.5) is 5.69 Å². The van der Waals surface area contributed by atoms with Gasteiger partial charge in [-0.25, -0.2) is 14.3 Å². The minimum atomic E-state index is -1.52. The van der Waals surface area contributed by atoms with Gasteiger partial charge in [0.2, 0.25) is 5.88 Å². The number of pyridine rings is 1. The van der Waals surface area contributed by atoms with Gasteiger partial charge in [0.05, 0.1) is 6.61 Å². The largest absolute Gasteiger partial charge is 0.478 e. The first-order chi connectivity index (χ1) is 15.6. The average molecular weight is 456 g/mol. The molecule has 8 heteroatoms. The molecule has 1 unspecified atom stereocenters. The monoisotopic (exact) mass is 455 g/mol. The normalized spacial score (nSPS) is 13.2. The van der Waals surface area contributed by atoms with Gasteiger partial charge in [0, 0.05) is 36.3 Å². The standard InChI is InChI=1S/C22H27N5O2S.C2H6/c23-22-18-6-4-5-16(18)7-8-19(22)17-9-11-25-20(15-17)29-14-3-1-2-12-27-13-10-21(26-27)30(24)28;1-2/h7-11,13,15H,1-6,12,14,23-24H2;1-2H3. The van der Waals surface area contributed by atoms with E-state index in [1.54, 1.807) is 23.1 Å². The van der Waals surface area contributed by atoms with Gasteiger partial charge >= 0.3 is 0 Å². The van der Waals surface area contributed by atoms with Crippen LogP contribution in [0.25, 0.3) is 11.1 Å². The maximum absolute atomic E-state index is 11.2. The van der Waals surface area contributed by atoms with E-state index in [-0.39, 0.29) is 0 Å². The maximum atomic E-state index is 11.2. The van der Waals surface area contributed by atoms with Crippen LogP contribution in [0.1, 0.15) is 50.7 Å². The summed E-state index contributed by atoms with van der Waals surface area (Å²) in [5, 5.41) is 9.92. The number of benzene rings is 1. The molecule has 1 aromatic carbocycles. The third-order valence-corrected chi connectivity index (χ3v) is 6.11. The quantitative estimate of drug-likeness (QED) is 0.370. The lowest BCUT2D eigenvalue weighted by molar-refractivity contribution is 0.292. The molecule has 1 aliphatic carbocycles. The van der Waals surface area contributed by atoms with Crippen LogP contribution in [-0.2, 0) is 30.4 Å². The van der Waals surface area contributed by atoms with Gasteiger partial charge in [0.1, 0.15) is 11.0 Å². The summed E-state index contributed by atoms with van der Waals surface area (Å²) >= 11 is 0. The van der Waals surface area contributed by atoms with Crippen LogP contribution in [-0.4, -0.2) is 25.6 Å². The summed E-state index contributed by atoms with van der Waals surface area (Å²) in [6, 6.07) is 9.94. The van der Waals surface area contributed by atoms with Crippen LogP contribution in [0.2, 0.25) is 0 Å². The van der Waals surface area contributed by atoms with Crippen LogP contribution in [0.15, 0.2) is 47.8 Å². The Morgan fingerprint density at radius 1 is 1.12 bits per heavy atom. The zero-order chi connectivity index (χ0) is 22.9. The highest BCUT2D eigenvalue weighted by Crippen LogP contribution is 2.35. The molecule has 4 rings (SSSR count). The van der Waals surface area contributed by atoms with Gasteiger partial charge < -0.3 is 10.5 Å². The predicted octanol–water partition coefficient (Wildman–Crippen LogP) is 4.27. The number of aromatic nitrogens is 3. The van der Waals surface area contributed by atoms with E-state index in [1.165, 1.54) is 17.5 Å². The van der Waals surface area contributed by atoms with E-state index in [4.69, 9.17) is 15.6 Å². The molecule has 1 atom stereocenters. The summed E-state index contributed by atoms with van der Waals surface area (Å²) in [7, 11) is -1.52. The van der Waals surface area contributed by atoms with Crippen molar-refractivity contribution >= 4 is 16.7 Å². The van der Waals surface area contributed by atoms with E-state index in [2.05, 4.69) is 22.2 Å². The fourth-order valence-corrected chi connectivity index (χ4v) is 4.29. The summed E-state index contributed by atoms with van der Waals surface area (Å²) in [5.74, 6) is 0.620. The Morgan fingerprint density at radius 2 is 1.97 bits per heavy atom. The summed E-state index contributed by atoms with van der Waals surface area (Å²) in [5.41, 5.74) is 12.1. The summed E-state index contributed by atoms with van der Waals surface area (Å²) in [6.45, 7) is 5.37. The zero-order valence-electron chi connectivity index (χ0n) is 18.9. The summed E-state index contributed by atoms with van der Waals surface area (Å²) in [4.78, 5) is 4.33. The van der Waals surface area contributed by atoms with Gasteiger partial charge in [0.15, 0.2) is 5.03 Å². The smallest absolute Gasteiger partial charge is 0.213 e. The van der Waals surface area contributed by atoms with Crippen molar-refractivity contribution in [1.82, 2.24) is 14.8 Å². The second-order valence-electron chi connectivity index (χ2n) is 7.52. The first-order valence-electron chi connectivity index (χ1n) is 11.3. The minimum absolute atomic E-state index is 0.410. The number of aryl methyl sites for hydroxylation is 2. The Kier molecular flexibility index (Phi) is 8.81. The second-order valence-corrected chi connectivity index (χ2v) is 8.54. The number of nitrogens with two attached hydrogens (primary N) is 2. The van der Waals surface area contributed by atoms with E-state index in [0.717, 1.165) is 55.5 Å². The number of nitrogen functional groups attached to an aromatic ring is 1. The average Bonchev–Trinajstić information content (AvgIpc) is 3.48. The molecule has 3 aromatic rings. The Labute approximate surface area is 192 Å². The van der Waals surface area contributed by atoms with Crippen molar-refractivity contribution < 1.29 is 8.95 Å². The van der Waals surface area contributed by atoms with Crippen LogP contribution in [0, 0.1) is 0 Å². The molecular formula is C24H33N5O2S. The number of nitrogens with zero attached hydrogens (tertiary/aromatic N) is 3. The van der Waals surface area contributed by atoms with Gasteiger partial charge in [-0.1, -0.05) is 26.0 Å². The van der Waals surface area contributed by atoms with E-state index < -0.39 is 11.0 Å². The minimum Gasteiger partial charge on any atom is -0.478 e. The van der Waals surface area contributed by atoms with Crippen molar-refractivity contribution in [1.29, 1.82) is 0 Å². The first kappa shape index (κ1) is 23.9. The molecule has 4 N–H and O–H groups in total. The molecule has 0 bridgehead atoms. The highest BCUT2D eigenvalue weighted by Gasteiger charge is 2.17. The Hall–Kier alpha value is -2.71. The fraction of sp³-hybridized carbons (Fsp3) is 0.417. The molecule has 2 aromatic heterocycles. The topological polar surface area (TPSA) is 109 Å². The Bertz CT molecular complexity index is 1050. The molecular weight excluding hydrogens is 422 g/mol. The highest BCUT2D eigenvalue weighted by atomic mass is 32.2. The van der Waals surface area contributed by atoms with Crippen molar-refractivity contribution in [3.8, 4) is 17.0 Å². The highest BCUT2D eigenvalue weighted by molar-refractivity contribution is 7.82. The van der Waals surface area contributed by atoms with Crippen LogP contribution < -0.4 is 15.6 Å². The lowest BCUT2D eigenvalue weighted by atomic mass is 9.98. The van der Waals surface area contributed by atoms with Crippen molar-refractivity contribution in [2.24, 2.45) is 5.14 Å². The van der Waals surface area contributed by atoms with Crippen LogP contribution in [0.3, 0.4) is 0 Å².